The van der Waals surface area contributed by atoms with Crippen molar-refractivity contribution in [3.05, 3.63) is 54.0 Å². The van der Waals surface area contributed by atoms with E-state index in [9.17, 15) is 0 Å². The molecule has 0 nitrogen and oxygen atoms in total. The monoisotopic (exact) mass is 348 g/mol. The number of allylic oxidation sites excluding steroid dienone is 4. The summed E-state index contributed by atoms with van der Waals surface area (Å²) in [4.78, 5) is 0. The maximum atomic E-state index is 2.99. The van der Waals surface area contributed by atoms with Gasteiger partial charge in [0.15, 0.2) is 0 Å². The van der Waals surface area contributed by atoms with Gasteiger partial charge in [-0.15, -0.1) is 13.9 Å². The van der Waals surface area contributed by atoms with Crippen LogP contribution in [-0.2, 0) is 21.7 Å². The molecule has 1 rings (SSSR count). The van der Waals surface area contributed by atoms with Crippen molar-refractivity contribution < 1.29 is 21.7 Å². The smallest absolute Gasteiger partial charge is 0.0740 e. The average Bonchev–Trinajstić information content (AvgIpc) is 2.56. The summed E-state index contributed by atoms with van der Waals surface area (Å²) in [5.41, 5.74) is 1.89. The Labute approximate surface area is 150 Å². The molecule has 3 heteroatoms. The fourth-order valence-electron chi connectivity index (χ4n) is 1.97. The van der Waals surface area contributed by atoms with E-state index in [-0.39, 0.29) is 59.9 Å². The molecule has 0 aromatic rings. The molecule has 0 fully saturated rings. The standard InChI is InChI=1S/C8H20PSi.C5H5.4CH3.Ti/c1-7(2)9(8(3)4)10(5)6;1-2-4-5-3-1;;;;;/h7-8H,1-6H3;1-3H,4H2;4*1H3;/q;5*-1;. The maximum absolute atomic E-state index is 2.99. The molecule has 0 amide bonds. The zero-order valence-corrected chi connectivity index (χ0v) is 19.0. The first-order valence-corrected chi connectivity index (χ1v) is 10.6. The second-order valence-corrected chi connectivity index (χ2v) is 13.6. The van der Waals surface area contributed by atoms with Crippen molar-refractivity contribution in [2.24, 2.45) is 0 Å². The molecule has 0 unspecified atom stereocenters. The average molecular weight is 348 g/mol. The van der Waals surface area contributed by atoms with Crippen LogP contribution in [-0.4, -0.2) is 19.8 Å². The summed E-state index contributed by atoms with van der Waals surface area (Å²) in [5, 5.41) is 0. The molecule has 1 aliphatic carbocycles. The molecule has 0 N–H and O–H groups in total. The van der Waals surface area contributed by atoms with Crippen LogP contribution < -0.4 is 0 Å². The van der Waals surface area contributed by atoms with Crippen LogP contribution in [0.1, 0.15) is 34.1 Å². The second kappa shape index (κ2) is 22.1. The van der Waals surface area contributed by atoms with Crippen LogP contribution in [0, 0.1) is 35.8 Å². The van der Waals surface area contributed by atoms with Crippen molar-refractivity contribution in [3.63, 3.8) is 0 Å². The normalized spacial score (nSPS) is 10.7. The Morgan fingerprint density at radius 3 is 1.40 bits per heavy atom. The van der Waals surface area contributed by atoms with E-state index >= 15 is 0 Å². The molecule has 0 bridgehead atoms. The van der Waals surface area contributed by atoms with Gasteiger partial charge in [-0.05, 0) is 11.3 Å². The number of hydrogen-bond acceptors (Lipinski definition) is 0. The Kier molecular flexibility index (Phi) is 41.2. The Morgan fingerprint density at radius 1 is 0.950 bits per heavy atom. The first kappa shape index (κ1) is 37.2. The van der Waals surface area contributed by atoms with Gasteiger partial charge in [-0.3, -0.25) is 6.08 Å². The van der Waals surface area contributed by atoms with Gasteiger partial charge in [0.2, 0.25) is 0 Å². The number of hydrogen-bond donors (Lipinski definition) is 0. The van der Waals surface area contributed by atoms with Crippen molar-refractivity contribution in [2.45, 2.75) is 58.5 Å². The third-order valence-corrected chi connectivity index (χ3v) is 11.7. The predicted octanol–water partition coefficient (Wildman–Crippen LogP) is 6.64. The van der Waals surface area contributed by atoms with Gasteiger partial charge in [0.25, 0.3) is 0 Å². The largest absolute Gasteiger partial charge is 0.358 e. The molecule has 0 saturated carbocycles. The van der Waals surface area contributed by atoms with Gasteiger partial charge in [0, 0.05) is 21.7 Å². The van der Waals surface area contributed by atoms with Crippen LogP contribution in [0.2, 0.25) is 13.1 Å². The molecule has 0 atom stereocenters. The molecule has 0 saturated heterocycles. The van der Waals surface area contributed by atoms with Crippen LogP contribution in [0.3, 0.4) is 0 Å². The summed E-state index contributed by atoms with van der Waals surface area (Å²) < 4.78 is 0. The minimum Gasteiger partial charge on any atom is -0.358 e. The summed E-state index contributed by atoms with van der Waals surface area (Å²) in [5.74, 6) is 0. The molecule has 0 aromatic carbocycles. The fourth-order valence-corrected chi connectivity index (χ4v) is 11.4. The SMILES string of the molecule is CC(C)P(C(C)C)[Si](C)C.[C-]1=CC=CC1.[CH3-].[CH3-].[CH3-].[CH3-].[Ti]. The zero-order valence-electron chi connectivity index (χ0n) is 15.5. The third kappa shape index (κ3) is 18.8. The molecular formula is C17H37PSiTi-5. The van der Waals surface area contributed by atoms with E-state index in [0.29, 0.717) is 7.47 Å². The predicted molar refractivity (Wildman–Crippen MR) is 102 cm³/mol. The van der Waals surface area contributed by atoms with Gasteiger partial charge in [-0.1, -0.05) is 40.8 Å². The minimum atomic E-state index is -0.00720. The summed E-state index contributed by atoms with van der Waals surface area (Å²) in [7, 11) is 0.357. The Morgan fingerprint density at radius 2 is 1.35 bits per heavy atom. The van der Waals surface area contributed by atoms with Crippen molar-refractivity contribution in [1.82, 2.24) is 0 Å². The molecule has 1 radical (unpaired) electrons. The minimum absolute atomic E-state index is 0. The van der Waals surface area contributed by atoms with Gasteiger partial charge in [-0.25, -0.2) is 12.2 Å². The van der Waals surface area contributed by atoms with Crippen LogP contribution in [0.25, 0.3) is 0 Å². The van der Waals surface area contributed by atoms with Crippen LogP contribution in [0.15, 0.2) is 18.2 Å². The van der Waals surface area contributed by atoms with E-state index in [4.69, 9.17) is 0 Å². The first-order valence-electron chi connectivity index (χ1n) is 5.77. The topological polar surface area (TPSA) is 0 Å². The zero-order chi connectivity index (χ0) is 11.8. The van der Waals surface area contributed by atoms with Crippen molar-refractivity contribution >= 4 is 15.9 Å². The van der Waals surface area contributed by atoms with Crippen molar-refractivity contribution in [3.8, 4) is 0 Å². The van der Waals surface area contributed by atoms with Crippen molar-refractivity contribution in [1.29, 1.82) is 0 Å². The Hall–Kier alpha value is 0.841. The quantitative estimate of drug-likeness (QED) is 0.305. The Bertz CT molecular complexity index is 182. The molecule has 20 heavy (non-hydrogen) atoms. The van der Waals surface area contributed by atoms with E-state index in [0.717, 1.165) is 17.7 Å². The van der Waals surface area contributed by atoms with E-state index in [2.05, 4.69) is 52.9 Å². The summed E-state index contributed by atoms with van der Waals surface area (Å²) in [6, 6.07) is 0. The molecule has 0 aliphatic heterocycles. The molecule has 1 aliphatic rings. The van der Waals surface area contributed by atoms with Gasteiger partial charge < -0.3 is 29.7 Å². The fraction of sp³-hybridized carbons (Fsp3) is 0.529. The van der Waals surface area contributed by atoms with Gasteiger partial charge in [0.1, 0.15) is 0 Å². The van der Waals surface area contributed by atoms with Crippen LogP contribution >= 0.6 is 7.47 Å². The Balaban J connectivity index is -0.0000000432. The van der Waals surface area contributed by atoms with E-state index in [1.807, 2.05) is 12.2 Å². The van der Waals surface area contributed by atoms with Gasteiger partial charge in [-0.2, -0.15) is 6.08 Å². The summed E-state index contributed by atoms with van der Waals surface area (Å²) in [6.45, 7) is 14.4. The van der Waals surface area contributed by atoms with Crippen LogP contribution in [0.5, 0.6) is 0 Å². The van der Waals surface area contributed by atoms with Gasteiger partial charge >= 0.3 is 0 Å². The van der Waals surface area contributed by atoms with Crippen LogP contribution in [0.4, 0.5) is 0 Å². The molecular weight excluding hydrogens is 311 g/mol. The second-order valence-electron chi connectivity index (χ2n) is 4.55. The van der Waals surface area contributed by atoms with E-state index in [1.54, 1.807) is 0 Å². The molecule has 123 valence electrons. The summed E-state index contributed by atoms with van der Waals surface area (Å²) >= 11 is 0. The maximum Gasteiger partial charge on any atom is 0.0740 e. The summed E-state index contributed by atoms with van der Waals surface area (Å²) in [6.07, 6.45) is 10.0. The van der Waals surface area contributed by atoms with E-state index < -0.39 is 0 Å². The third-order valence-electron chi connectivity index (χ3n) is 2.21. The van der Waals surface area contributed by atoms with Gasteiger partial charge in [0.05, 0.1) is 8.46 Å². The first-order chi connectivity index (χ1) is 6.96. The molecule has 0 spiro atoms. The van der Waals surface area contributed by atoms with Crippen molar-refractivity contribution in [2.75, 3.05) is 0 Å². The number of rotatable bonds is 3. The molecule has 0 heterocycles. The van der Waals surface area contributed by atoms with E-state index in [1.165, 1.54) is 0 Å². The molecule has 0 aromatic heterocycles.